The van der Waals surface area contributed by atoms with Crippen molar-refractivity contribution < 1.29 is 18.7 Å². The third kappa shape index (κ3) is 4.20. The Hall–Kier alpha value is -2.32. The maximum absolute atomic E-state index is 14.1. The smallest absolute Gasteiger partial charge is 0.355 e. The van der Waals surface area contributed by atoms with Crippen molar-refractivity contribution in [3.8, 4) is 11.4 Å². The van der Waals surface area contributed by atoms with Gasteiger partial charge in [0.25, 0.3) is 0 Å². The highest BCUT2D eigenvalue weighted by Gasteiger charge is 2.21. The molecule has 0 unspecified atom stereocenters. The van der Waals surface area contributed by atoms with Gasteiger partial charge in [-0.1, -0.05) is 43.0 Å². The van der Waals surface area contributed by atoms with Gasteiger partial charge in [0.1, 0.15) is 5.82 Å². The number of nitrogen functional groups attached to an aromatic ring is 1. The van der Waals surface area contributed by atoms with Gasteiger partial charge in [0.15, 0.2) is 23.2 Å². The SMILES string of the molecule is C[Si](C)(C)C=Cc1c(N)nc(-c2ccc(Cl)c(F)c2F)nc1C(=O)O. The maximum atomic E-state index is 14.1. The molecule has 1 heterocycles. The molecule has 9 heteroatoms. The number of carboxylic acid groups (broad SMARTS) is 1. The van der Waals surface area contributed by atoms with Gasteiger partial charge in [0.05, 0.1) is 18.7 Å². The standard InChI is InChI=1S/C16H16ClF2N3O2Si/c1-25(2,3)7-6-9-13(16(23)24)21-15(22-14(9)20)8-4-5-10(17)12(19)11(8)18/h4-7H,1-3H3,(H,23,24)(H2,20,21,22). The molecule has 0 aliphatic heterocycles. The summed E-state index contributed by atoms with van der Waals surface area (Å²) in [5.74, 6) is -4.34. The van der Waals surface area contributed by atoms with Crippen LogP contribution in [0.5, 0.6) is 0 Å². The molecule has 0 spiro atoms. The Bertz CT molecular complexity index is 883. The molecule has 2 aromatic rings. The first-order valence-corrected chi connectivity index (χ1v) is 11.2. The molecule has 0 saturated heterocycles. The number of anilines is 1. The number of carbonyl (C=O) groups is 1. The number of aromatic carboxylic acids is 1. The Balaban J connectivity index is 2.67. The molecule has 2 rings (SSSR count). The van der Waals surface area contributed by atoms with Crippen LogP contribution in [0.3, 0.4) is 0 Å². The number of aromatic nitrogens is 2. The van der Waals surface area contributed by atoms with E-state index in [1.807, 2.05) is 5.70 Å². The molecular weight excluding hydrogens is 368 g/mol. The number of hydrogen-bond acceptors (Lipinski definition) is 4. The number of nitrogens with two attached hydrogens (primary N) is 1. The fourth-order valence-corrected chi connectivity index (χ4v) is 2.78. The highest BCUT2D eigenvalue weighted by atomic mass is 35.5. The monoisotopic (exact) mass is 383 g/mol. The zero-order valence-electron chi connectivity index (χ0n) is 13.8. The van der Waals surface area contributed by atoms with E-state index in [0.717, 1.165) is 6.07 Å². The quantitative estimate of drug-likeness (QED) is 0.608. The minimum absolute atomic E-state index is 0.133. The lowest BCUT2D eigenvalue weighted by Crippen LogP contribution is -2.16. The van der Waals surface area contributed by atoms with Gasteiger partial charge in [0, 0.05) is 5.56 Å². The molecule has 25 heavy (non-hydrogen) atoms. The van der Waals surface area contributed by atoms with E-state index in [-0.39, 0.29) is 28.5 Å². The number of nitrogens with zero attached hydrogens (tertiary/aromatic N) is 2. The lowest BCUT2D eigenvalue weighted by molar-refractivity contribution is 0.0690. The van der Waals surface area contributed by atoms with Crippen LogP contribution in [0, 0.1) is 11.6 Å². The predicted octanol–water partition coefficient (Wildman–Crippen LogP) is 4.25. The van der Waals surface area contributed by atoms with Gasteiger partial charge in [-0.05, 0) is 12.1 Å². The highest BCUT2D eigenvalue weighted by molar-refractivity contribution is 6.81. The number of rotatable bonds is 4. The van der Waals surface area contributed by atoms with Crippen LogP contribution in [-0.4, -0.2) is 29.1 Å². The summed E-state index contributed by atoms with van der Waals surface area (Å²) in [5.41, 5.74) is 7.17. The Morgan fingerprint density at radius 2 is 1.88 bits per heavy atom. The molecule has 5 nitrogen and oxygen atoms in total. The van der Waals surface area contributed by atoms with Crippen molar-refractivity contribution >= 4 is 37.5 Å². The molecule has 1 aromatic carbocycles. The maximum Gasteiger partial charge on any atom is 0.355 e. The molecule has 0 radical (unpaired) electrons. The lowest BCUT2D eigenvalue weighted by atomic mass is 10.1. The zero-order chi connectivity index (χ0) is 18.9. The molecule has 0 bridgehead atoms. The second-order valence-corrected chi connectivity index (χ2v) is 11.9. The largest absolute Gasteiger partial charge is 0.476 e. The van der Waals surface area contributed by atoms with Crippen LogP contribution in [0.25, 0.3) is 17.5 Å². The average Bonchev–Trinajstić information content (AvgIpc) is 2.50. The van der Waals surface area contributed by atoms with Crippen LogP contribution < -0.4 is 5.73 Å². The van der Waals surface area contributed by atoms with E-state index in [2.05, 4.69) is 29.6 Å². The van der Waals surface area contributed by atoms with Gasteiger partial charge in [-0.15, -0.1) is 0 Å². The molecule has 0 amide bonds. The molecule has 1 aromatic heterocycles. The van der Waals surface area contributed by atoms with Crippen LogP contribution >= 0.6 is 11.6 Å². The van der Waals surface area contributed by atoms with Gasteiger partial charge in [-0.25, -0.2) is 23.5 Å². The first-order valence-electron chi connectivity index (χ1n) is 7.25. The van der Waals surface area contributed by atoms with Gasteiger partial charge >= 0.3 is 5.97 Å². The van der Waals surface area contributed by atoms with Gasteiger partial charge in [0.2, 0.25) is 0 Å². The third-order valence-corrected chi connectivity index (χ3v) is 4.66. The molecule has 0 saturated carbocycles. The van der Waals surface area contributed by atoms with Gasteiger partial charge < -0.3 is 10.8 Å². The number of hydrogen-bond donors (Lipinski definition) is 2. The first kappa shape index (κ1) is 19.0. The molecule has 3 N–H and O–H groups in total. The fourth-order valence-electron chi connectivity index (χ4n) is 1.97. The summed E-state index contributed by atoms with van der Waals surface area (Å²) >= 11 is 5.52. The summed E-state index contributed by atoms with van der Waals surface area (Å²) in [4.78, 5) is 19.3. The summed E-state index contributed by atoms with van der Waals surface area (Å²) < 4.78 is 27.7. The van der Waals surface area contributed by atoms with Crippen molar-refractivity contribution in [3.05, 3.63) is 45.7 Å². The van der Waals surface area contributed by atoms with Crippen molar-refractivity contribution in [1.82, 2.24) is 9.97 Å². The van der Waals surface area contributed by atoms with E-state index in [1.54, 1.807) is 6.08 Å². The molecule has 0 aliphatic rings. The van der Waals surface area contributed by atoms with Gasteiger partial charge in [-0.3, -0.25) is 0 Å². The molecule has 0 aliphatic carbocycles. The van der Waals surface area contributed by atoms with Crippen molar-refractivity contribution in [2.24, 2.45) is 0 Å². The van der Waals surface area contributed by atoms with Crippen LogP contribution in [0.4, 0.5) is 14.6 Å². The van der Waals surface area contributed by atoms with Crippen LogP contribution in [-0.2, 0) is 0 Å². The lowest BCUT2D eigenvalue weighted by Gasteiger charge is -2.11. The Labute approximate surface area is 149 Å². The van der Waals surface area contributed by atoms with E-state index in [4.69, 9.17) is 17.3 Å². The number of halogens is 3. The third-order valence-electron chi connectivity index (χ3n) is 3.20. The van der Waals surface area contributed by atoms with Crippen molar-refractivity contribution in [2.75, 3.05) is 5.73 Å². The summed E-state index contributed by atoms with van der Waals surface area (Å²) in [6.45, 7) is 6.17. The topological polar surface area (TPSA) is 89.1 Å². The van der Waals surface area contributed by atoms with Crippen LogP contribution in [0.2, 0.25) is 24.7 Å². The molecule has 0 atom stereocenters. The van der Waals surface area contributed by atoms with E-state index >= 15 is 0 Å². The van der Waals surface area contributed by atoms with Gasteiger partial charge in [-0.2, -0.15) is 0 Å². The Kier molecular flexibility index (Phi) is 5.24. The van der Waals surface area contributed by atoms with E-state index in [1.165, 1.54) is 6.07 Å². The number of carboxylic acids is 1. The number of benzene rings is 1. The van der Waals surface area contributed by atoms with E-state index in [9.17, 15) is 18.7 Å². The van der Waals surface area contributed by atoms with Crippen molar-refractivity contribution in [3.63, 3.8) is 0 Å². The fraction of sp³-hybridized carbons (Fsp3) is 0.188. The molecule has 132 valence electrons. The summed E-state index contributed by atoms with van der Waals surface area (Å²) in [7, 11) is -1.63. The Morgan fingerprint density at radius 3 is 2.44 bits per heavy atom. The summed E-state index contributed by atoms with van der Waals surface area (Å²) in [6, 6.07) is 2.30. The minimum Gasteiger partial charge on any atom is -0.476 e. The summed E-state index contributed by atoms with van der Waals surface area (Å²) in [5, 5.41) is 9.00. The summed E-state index contributed by atoms with van der Waals surface area (Å²) in [6.07, 6.45) is 1.56. The first-order chi connectivity index (χ1) is 11.5. The molecular formula is C16H16ClF2N3O2Si. The predicted molar refractivity (Wildman–Crippen MR) is 96.1 cm³/mol. The second kappa shape index (κ2) is 6.89. The molecule has 0 fully saturated rings. The van der Waals surface area contributed by atoms with Crippen molar-refractivity contribution in [2.45, 2.75) is 19.6 Å². The average molecular weight is 384 g/mol. The highest BCUT2D eigenvalue weighted by Crippen LogP contribution is 2.28. The van der Waals surface area contributed by atoms with E-state index < -0.39 is 30.7 Å². The van der Waals surface area contributed by atoms with E-state index in [0.29, 0.717) is 0 Å². The minimum atomic E-state index is -1.63. The normalized spacial score (nSPS) is 11.9. The van der Waals surface area contributed by atoms with Crippen LogP contribution in [0.15, 0.2) is 17.8 Å². The Morgan fingerprint density at radius 1 is 1.24 bits per heavy atom. The van der Waals surface area contributed by atoms with Crippen molar-refractivity contribution in [1.29, 1.82) is 0 Å². The zero-order valence-corrected chi connectivity index (χ0v) is 15.5. The van der Waals surface area contributed by atoms with Crippen LogP contribution in [0.1, 0.15) is 16.1 Å². The second-order valence-electron chi connectivity index (χ2n) is 6.42.